The van der Waals surface area contributed by atoms with Gasteiger partial charge in [-0.2, -0.15) is 0 Å². The van der Waals surface area contributed by atoms with E-state index in [1.165, 1.54) is 7.11 Å². The molecule has 82 valence electrons. The van der Waals surface area contributed by atoms with E-state index in [-0.39, 0.29) is 6.10 Å². The Balaban J connectivity index is 0.000000241. The molecule has 6 heteroatoms. The van der Waals surface area contributed by atoms with Crippen molar-refractivity contribution in [2.75, 3.05) is 20.3 Å². The quantitative estimate of drug-likeness (QED) is 0.603. The van der Waals surface area contributed by atoms with Gasteiger partial charge in [-0.25, -0.2) is 9.59 Å². The van der Waals surface area contributed by atoms with Gasteiger partial charge in [0, 0.05) is 0 Å². The Morgan fingerprint density at radius 3 is 2.43 bits per heavy atom. The molecule has 6 nitrogen and oxygen atoms in total. The van der Waals surface area contributed by atoms with Crippen molar-refractivity contribution in [3.05, 3.63) is 0 Å². The number of ether oxygens (including phenoxy) is 4. The van der Waals surface area contributed by atoms with Crippen molar-refractivity contribution in [2.45, 2.75) is 20.0 Å². The van der Waals surface area contributed by atoms with Crippen LogP contribution in [0.5, 0.6) is 0 Å². The lowest BCUT2D eigenvalue weighted by atomic mass is 10.5. The lowest BCUT2D eigenvalue weighted by Gasteiger charge is -1.94. The first-order valence-electron chi connectivity index (χ1n) is 4.14. The molecule has 0 aliphatic carbocycles. The molecule has 1 aliphatic rings. The monoisotopic (exact) mass is 206 g/mol. The normalized spacial score (nSPS) is 18.5. The van der Waals surface area contributed by atoms with Crippen molar-refractivity contribution >= 4 is 12.3 Å². The molecule has 0 saturated carbocycles. The minimum absolute atomic E-state index is 0.0486. The van der Waals surface area contributed by atoms with Gasteiger partial charge in [0.05, 0.1) is 13.7 Å². The molecular formula is C8H14O6. The van der Waals surface area contributed by atoms with Crippen LogP contribution in [-0.2, 0) is 18.9 Å². The fourth-order valence-corrected chi connectivity index (χ4v) is 0.594. The van der Waals surface area contributed by atoms with Crippen LogP contribution in [0.4, 0.5) is 9.59 Å². The third-order valence-electron chi connectivity index (χ3n) is 1.16. The van der Waals surface area contributed by atoms with Gasteiger partial charge in [0.2, 0.25) is 0 Å². The van der Waals surface area contributed by atoms with Crippen LogP contribution in [0.15, 0.2) is 0 Å². The van der Waals surface area contributed by atoms with E-state index in [1.54, 1.807) is 13.8 Å². The van der Waals surface area contributed by atoms with E-state index in [2.05, 4.69) is 18.9 Å². The molecule has 0 amide bonds. The maximum Gasteiger partial charge on any atom is 0.508 e. The van der Waals surface area contributed by atoms with Crippen molar-refractivity contribution in [3.63, 3.8) is 0 Å². The van der Waals surface area contributed by atoms with E-state index < -0.39 is 12.3 Å². The summed E-state index contributed by atoms with van der Waals surface area (Å²) >= 11 is 0. The van der Waals surface area contributed by atoms with Crippen molar-refractivity contribution in [1.29, 1.82) is 0 Å². The third-order valence-corrected chi connectivity index (χ3v) is 1.16. The minimum Gasteiger partial charge on any atom is -0.438 e. The van der Waals surface area contributed by atoms with E-state index in [0.717, 1.165) is 0 Å². The molecule has 1 aliphatic heterocycles. The summed E-state index contributed by atoms with van der Waals surface area (Å²) in [5.74, 6) is 0. The molecular weight excluding hydrogens is 192 g/mol. The fraction of sp³-hybridized carbons (Fsp3) is 0.750. The van der Waals surface area contributed by atoms with Gasteiger partial charge in [-0.1, -0.05) is 0 Å². The zero-order chi connectivity index (χ0) is 11.0. The fourth-order valence-electron chi connectivity index (χ4n) is 0.594. The number of carbonyl (C=O) groups excluding carboxylic acids is 2. The van der Waals surface area contributed by atoms with Crippen LogP contribution in [0.3, 0.4) is 0 Å². The number of hydrogen-bond donors (Lipinski definition) is 0. The molecule has 0 aromatic rings. The Hall–Kier alpha value is -1.46. The van der Waals surface area contributed by atoms with Gasteiger partial charge in [0.25, 0.3) is 0 Å². The van der Waals surface area contributed by atoms with Crippen LogP contribution < -0.4 is 0 Å². The largest absolute Gasteiger partial charge is 0.508 e. The Morgan fingerprint density at radius 1 is 1.64 bits per heavy atom. The van der Waals surface area contributed by atoms with Gasteiger partial charge < -0.3 is 18.9 Å². The molecule has 0 aromatic carbocycles. The second-order valence-corrected chi connectivity index (χ2v) is 2.38. The summed E-state index contributed by atoms with van der Waals surface area (Å²) in [6.07, 6.45) is -1.22. The maximum absolute atomic E-state index is 10.0. The van der Waals surface area contributed by atoms with E-state index in [0.29, 0.717) is 13.2 Å². The summed E-state index contributed by atoms with van der Waals surface area (Å²) in [7, 11) is 1.28. The van der Waals surface area contributed by atoms with Crippen molar-refractivity contribution < 1.29 is 28.5 Å². The van der Waals surface area contributed by atoms with Crippen LogP contribution >= 0.6 is 0 Å². The van der Waals surface area contributed by atoms with Crippen molar-refractivity contribution in [2.24, 2.45) is 0 Å². The van der Waals surface area contributed by atoms with Crippen LogP contribution in [0.2, 0.25) is 0 Å². The predicted molar refractivity (Wildman–Crippen MR) is 45.9 cm³/mol. The van der Waals surface area contributed by atoms with Crippen LogP contribution in [-0.4, -0.2) is 38.7 Å². The molecule has 0 aromatic heterocycles. The number of hydrogen-bond acceptors (Lipinski definition) is 6. The number of carbonyl (C=O) groups is 2. The second-order valence-electron chi connectivity index (χ2n) is 2.38. The number of rotatable bonds is 1. The Morgan fingerprint density at radius 2 is 2.29 bits per heavy atom. The van der Waals surface area contributed by atoms with Gasteiger partial charge in [0.1, 0.15) is 12.7 Å². The summed E-state index contributed by atoms with van der Waals surface area (Å²) < 4.78 is 17.4. The number of cyclic esters (lactones) is 2. The van der Waals surface area contributed by atoms with Gasteiger partial charge in [0.15, 0.2) is 0 Å². The zero-order valence-electron chi connectivity index (χ0n) is 8.44. The predicted octanol–water partition coefficient (Wildman–Crippen LogP) is 1.33. The lowest BCUT2D eigenvalue weighted by Crippen LogP contribution is -2.02. The summed E-state index contributed by atoms with van der Waals surface area (Å²) in [5, 5.41) is 0. The SMILES string of the molecule is CC1COC(=O)O1.CCOC(=O)OC. The molecule has 0 N–H and O–H groups in total. The van der Waals surface area contributed by atoms with Gasteiger partial charge in [-0.3, -0.25) is 0 Å². The van der Waals surface area contributed by atoms with E-state index in [9.17, 15) is 9.59 Å². The van der Waals surface area contributed by atoms with Crippen LogP contribution in [0.1, 0.15) is 13.8 Å². The van der Waals surface area contributed by atoms with Gasteiger partial charge >= 0.3 is 12.3 Å². The molecule has 1 atom stereocenters. The first-order valence-corrected chi connectivity index (χ1v) is 4.14. The maximum atomic E-state index is 10.0. The molecule has 0 spiro atoms. The summed E-state index contributed by atoms with van der Waals surface area (Å²) in [5.41, 5.74) is 0. The topological polar surface area (TPSA) is 71.1 Å². The molecule has 1 rings (SSSR count). The molecule has 1 unspecified atom stereocenters. The molecule has 1 heterocycles. The Labute approximate surface area is 82.1 Å². The highest BCUT2D eigenvalue weighted by Crippen LogP contribution is 2.02. The Kier molecular flexibility index (Phi) is 6.26. The highest BCUT2D eigenvalue weighted by Gasteiger charge is 2.19. The smallest absolute Gasteiger partial charge is 0.438 e. The zero-order valence-corrected chi connectivity index (χ0v) is 8.44. The molecule has 1 fully saturated rings. The Bertz CT molecular complexity index is 184. The second kappa shape index (κ2) is 6.99. The summed E-state index contributed by atoms with van der Waals surface area (Å²) in [6, 6.07) is 0. The third kappa shape index (κ3) is 6.10. The summed E-state index contributed by atoms with van der Waals surface area (Å²) in [6.45, 7) is 4.27. The molecule has 1 saturated heterocycles. The molecule has 0 radical (unpaired) electrons. The average Bonchev–Trinajstić information content (AvgIpc) is 2.51. The van der Waals surface area contributed by atoms with E-state index >= 15 is 0 Å². The summed E-state index contributed by atoms with van der Waals surface area (Å²) in [4.78, 5) is 20.0. The highest BCUT2D eigenvalue weighted by atomic mass is 16.8. The van der Waals surface area contributed by atoms with Crippen molar-refractivity contribution in [3.8, 4) is 0 Å². The average molecular weight is 206 g/mol. The van der Waals surface area contributed by atoms with Crippen LogP contribution in [0, 0.1) is 0 Å². The number of methoxy groups -OCH3 is 1. The van der Waals surface area contributed by atoms with Crippen molar-refractivity contribution in [1.82, 2.24) is 0 Å². The lowest BCUT2D eigenvalue weighted by molar-refractivity contribution is 0.0771. The first-order chi connectivity index (χ1) is 6.60. The standard InChI is InChI=1S/C4H6O3.C4H8O3/c1-3-2-6-4(5)7-3;1-3-7-4(5)6-2/h3H,2H2,1H3;3H2,1-2H3. The van der Waals surface area contributed by atoms with Crippen LogP contribution in [0.25, 0.3) is 0 Å². The van der Waals surface area contributed by atoms with Gasteiger partial charge in [-0.05, 0) is 13.8 Å². The molecule has 0 bridgehead atoms. The minimum atomic E-state index is -0.623. The van der Waals surface area contributed by atoms with E-state index in [1.807, 2.05) is 0 Å². The highest BCUT2D eigenvalue weighted by molar-refractivity contribution is 5.61. The van der Waals surface area contributed by atoms with Gasteiger partial charge in [-0.15, -0.1) is 0 Å². The van der Waals surface area contributed by atoms with E-state index in [4.69, 9.17) is 0 Å². The molecule has 14 heavy (non-hydrogen) atoms. The first kappa shape index (κ1) is 12.5.